The van der Waals surface area contributed by atoms with E-state index in [9.17, 15) is 18.0 Å². The molecule has 0 saturated heterocycles. The van der Waals surface area contributed by atoms with Crippen molar-refractivity contribution in [3.63, 3.8) is 0 Å². The molecule has 0 radical (unpaired) electrons. The quantitative estimate of drug-likeness (QED) is 0.290. The number of hydrogen-bond acceptors (Lipinski definition) is 7. The molecule has 2 N–H and O–H groups in total. The molecular weight excluding hydrogens is 577 g/mol. The van der Waals surface area contributed by atoms with E-state index < -0.39 is 27.2 Å². The zero-order chi connectivity index (χ0) is 28.8. The summed E-state index contributed by atoms with van der Waals surface area (Å²) >= 11 is 13.0. The number of likely N-dealkylation sites (N-methyl/N-ethyl adjacent to an activating group) is 1. The first kappa shape index (κ1) is 27.7. The SMILES string of the molecule is COc1cc(NC(=O)c2ccco2)ccc1S(=O)(=O)c1cc(Cl)cc2c1NC(=O)C2(c1ccccc1Cl)N(C)C. The van der Waals surface area contributed by atoms with Crippen molar-refractivity contribution >= 4 is 56.2 Å². The molecule has 4 aromatic rings. The number of benzene rings is 3. The first-order chi connectivity index (χ1) is 19.0. The second-order valence-electron chi connectivity index (χ2n) is 9.17. The Balaban J connectivity index is 1.65. The summed E-state index contributed by atoms with van der Waals surface area (Å²) in [6.45, 7) is 0. The highest BCUT2D eigenvalue weighted by Gasteiger charge is 2.53. The molecule has 0 bridgehead atoms. The van der Waals surface area contributed by atoms with Gasteiger partial charge in [-0.25, -0.2) is 8.42 Å². The maximum absolute atomic E-state index is 14.1. The summed E-state index contributed by atoms with van der Waals surface area (Å²) in [6, 6.07) is 16.9. The van der Waals surface area contributed by atoms with Gasteiger partial charge in [0, 0.05) is 32.9 Å². The molecule has 5 rings (SSSR count). The lowest BCUT2D eigenvalue weighted by Crippen LogP contribution is -2.48. The number of carbonyl (C=O) groups is 2. The predicted molar refractivity (Wildman–Crippen MR) is 151 cm³/mol. The second kappa shape index (κ2) is 10.3. The van der Waals surface area contributed by atoms with Crippen LogP contribution in [0.15, 0.2) is 87.2 Å². The lowest BCUT2D eigenvalue weighted by atomic mass is 9.82. The average Bonchev–Trinajstić information content (AvgIpc) is 3.55. The Hall–Kier alpha value is -3.83. The number of fused-ring (bicyclic) bond motifs is 1. The van der Waals surface area contributed by atoms with Crippen LogP contribution in [0.25, 0.3) is 0 Å². The van der Waals surface area contributed by atoms with E-state index in [0.717, 1.165) is 0 Å². The summed E-state index contributed by atoms with van der Waals surface area (Å²) in [7, 11) is 0.395. The topological polar surface area (TPSA) is 118 Å². The van der Waals surface area contributed by atoms with Crippen LogP contribution in [0.1, 0.15) is 21.7 Å². The van der Waals surface area contributed by atoms with Crippen LogP contribution in [0.4, 0.5) is 11.4 Å². The molecule has 1 aromatic heterocycles. The number of methoxy groups -OCH3 is 1. The Kier molecular flexibility index (Phi) is 7.13. The molecule has 40 heavy (non-hydrogen) atoms. The van der Waals surface area contributed by atoms with Crippen LogP contribution in [0.5, 0.6) is 5.75 Å². The number of anilines is 2. The van der Waals surface area contributed by atoms with Crippen LogP contribution in [0, 0.1) is 0 Å². The molecule has 0 spiro atoms. The normalized spacial score (nSPS) is 16.5. The summed E-state index contributed by atoms with van der Waals surface area (Å²) in [4.78, 5) is 27.4. The largest absolute Gasteiger partial charge is 0.495 e. The Bertz CT molecular complexity index is 1760. The number of carbonyl (C=O) groups excluding carboxylic acids is 2. The number of amides is 2. The minimum Gasteiger partial charge on any atom is -0.495 e. The maximum Gasteiger partial charge on any atom is 0.291 e. The lowest BCUT2D eigenvalue weighted by Gasteiger charge is -2.35. The summed E-state index contributed by atoms with van der Waals surface area (Å²) in [5.74, 6) is -0.941. The van der Waals surface area contributed by atoms with Crippen molar-refractivity contribution in [2.45, 2.75) is 15.3 Å². The van der Waals surface area contributed by atoms with Crippen molar-refractivity contribution in [1.82, 2.24) is 4.90 Å². The van der Waals surface area contributed by atoms with Gasteiger partial charge in [0.1, 0.15) is 10.6 Å². The van der Waals surface area contributed by atoms with Gasteiger partial charge < -0.3 is 19.8 Å². The standard InChI is InChI=1S/C28H23Cl2N3O6S/c1-33(2)28(18-7-4-5-8-20(18)30)19-13-16(29)14-24(25(19)32-27(28)35)40(36,37)23-11-10-17(15-22(23)38-3)31-26(34)21-9-6-12-39-21/h4-15H,1-3H3,(H,31,34)(H,32,35). The van der Waals surface area contributed by atoms with E-state index in [4.69, 9.17) is 32.4 Å². The molecule has 1 aliphatic heterocycles. The third kappa shape index (κ3) is 4.33. The van der Waals surface area contributed by atoms with E-state index in [1.54, 1.807) is 55.4 Å². The molecule has 0 fully saturated rings. The van der Waals surface area contributed by atoms with Gasteiger partial charge in [0.25, 0.3) is 11.8 Å². The van der Waals surface area contributed by atoms with Gasteiger partial charge in [-0.1, -0.05) is 41.4 Å². The van der Waals surface area contributed by atoms with E-state index in [1.807, 2.05) is 0 Å². The van der Waals surface area contributed by atoms with E-state index in [-0.39, 0.29) is 37.7 Å². The van der Waals surface area contributed by atoms with Crippen LogP contribution in [0.3, 0.4) is 0 Å². The fourth-order valence-electron chi connectivity index (χ4n) is 4.93. The average molecular weight is 600 g/mol. The van der Waals surface area contributed by atoms with E-state index in [1.165, 1.54) is 43.7 Å². The molecule has 0 saturated carbocycles. The Labute approximate surface area is 240 Å². The third-order valence-electron chi connectivity index (χ3n) is 6.70. The van der Waals surface area contributed by atoms with Gasteiger partial charge in [-0.2, -0.15) is 0 Å². The number of halogens is 2. The molecule has 9 nitrogen and oxygen atoms in total. The first-order valence-corrected chi connectivity index (χ1v) is 14.1. The van der Waals surface area contributed by atoms with Gasteiger partial charge in [0.2, 0.25) is 9.84 Å². The fourth-order valence-corrected chi connectivity index (χ4v) is 7.09. The minimum atomic E-state index is -4.32. The van der Waals surface area contributed by atoms with Gasteiger partial charge >= 0.3 is 0 Å². The van der Waals surface area contributed by atoms with Gasteiger partial charge in [0.15, 0.2) is 11.3 Å². The number of sulfone groups is 1. The van der Waals surface area contributed by atoms with Crippen molar-refractivity contribution < 1.29 is 27.2 Å². The molecule has 1 atom stereocenters. The van der Waals surface area contributed by atoms with Crippen LogP contribution in [0.2, 0.25) is 10.0 Å². The lowest BCUT2D eigenvalue weighted by molar-refractivity contribution is -0.123. The third-order valence-corrected chi connectivity index (χ3v) is 9.07. The minimum absolute atomic E-state index is 0.0275. The number of nitrogens with zero attached hydrogens (tertiary/aromatic N) is 1. The van der Waals surface area contributed by atoms with Gasteiger partial charge in [-0.05, 0) is 56.6 Å². The van der Waals surface area contributed by atoms with Crippen molar-refractivity contribution in [3.05, 3.63) is 99.9 Å². The van der Waals surface area contributed by atoms with Crippen LogP contribution < -0.4 is 15.4 Å². The second-order valence-corrected chi connectivity index (χ2v) is 11.9. The molecule has 2 amide bonds. The smallest absolute Gasteiger partial charge is 0.291 e. The molecule has 3 aromatic carbocycles. The number of furan rings is 1. The van der Waals surface area contributed by atoms with Crippen molar-refractivity contribution in [2.24, 2.45) is 0 Å². The number of hydrogen-bond donors (Lipinski definition) is 2. The monoisotopic (exact) mass is 599 g/mol. The molecule has 0 aliphatic carbocycles. The van der Waals surface area contributed by atoms with Crippen molar-refractivity contribution in [1.29, 1.82) is 0 Å². The van der Waals surface area contributed by atoms with Crippen LogP contribution in [-0.4, -0.2) is 46.3 Å². The molecule has 1 unspecified atom stereocenters. The summed E-state index contributed by atoms with van der Waals surface area (Å²) in [5.41, 5.74) is -0.277. The fraction of sp³-hybridized carbons (Fsp3) is 0.143. The van der Waals surface area contributed by atoms with Crippen LogP contribution in [-0.2, 0) is 20.2 Å². The van der Waals surface area contributed by atoms with Gasteiger partial charge in [0.05, 0.1) is 24.0 Å². The van der Waals surface area contributed by atoms with Gasteiger partial charge in [-0.15, -0.1) is 0 Å². The Morgan fingerprint density at radius 2 is 1.75 bits per heavy atom. The molecular formula is C28H23Cl2N3O6S. The number of ether oxygens (including phenoxy) is 1. The van der Waals surface area contributed by atoms with E-state index in [0.29, 0.717) is 16.1 Å². The summed E-state index contributed by atoms with van der Waals surface area (Å²) < 4.78 is 38.7. The molecule has 206 valence electrons. The maximum atomic E-state index is 14.1. The molecule has 12 heteroatoms. The molecule has 1 aliphatic rings. The highest BCUT2D eigenvalue weighted by atomic mass is 35.5. The van der Waals surface area contributed by atoms with Crippen LogP contribution >= 0.6 is 23.2 Å². The predicted octanol–water partition coefficient (Wildman–Crippen LogP) is 5.44. The summed E-state index contributed by atoms with van der Waals surface area (Å²) in [6.07, 6.45) is 1.37. The van der Waals surface area contributed by atoms with E-state index in [2.05, 4.69) is 10.6 Å². The zero-order valence-corrected chi connectivity index (χ0v) is 23.8. The van der Waals surface area contributed by atoms with Gasteiger partial charge in [-0.3, -0.25) is 14.5 Å². The number of rotatable bonds is 7. The number of nitrogens with one attached hydrogen (secondary N) is 2. The highest BCUT2D eigenvalue weighted by Crippen LogP contribution is 2.50. The summed E-state index contributed by atoms with van der Waals surface area (Å²) in [5, 5.41) is 5.85. The van der Waals surface area contributed by atoms with E-state index >= 15 is 0 Å². The molecule has 2 heterocycles. The first-order valence-electron chi connectivity index (χ1n) is 11.9. The van der Waals surface area contributed by atoms with Crippen molar-refractivity contribution in [2.75, 3.05) is 31.8 Å². The highest BCUT2D eigenvalue weighted by molar-refractivity contribution is 7.91. The zero-order valence-electron chi connectivity index (χ0n) is 21.5. The van der Waals surface area contributed by atoms with Crippen molar-refractivity contribution in [3.8, 4) is 5.75 Å². The Morgan fingerprint density at radius 1 is 1.00 bits per heavy atom. The Morgan fingerprint density at radius 3 is 2.40 bits per heavy atom.